The maximum atomic E-state index is 5.15. The van der Waals surface area contributed by atoms with E-state index in [4.69, 9.17) is 17.0 Å². The standard InChI is InChI=1S/C8H14OS/c1-4-7(5-2)8(10)9-6-3/h4,7H,1,5-6H2,2-3H3. The Morgan fingerprint density at radius 3 is 2.60 bits per heavy atom. The smallest absolute Gasteiger partial charge is 0.166 e. The third-order valence-electron chi connectivity index (χ3n) is 1.31. The minimum Gasteiger partial charge on any atom is -0.487 e. The van der Waals surface area contributed by atoms with Crippen LogP contribution in [0.2, 0.25) is 0 Å². The molecule has 0 aromatic rings. The molecule has 0 saturated carbocycles. The van der Waals surface area contributed by atoms with E-state index in [2.05, 4.69) is 13.5 Å². The van der Waals surface area contributed by atoms with Crippen molar-refractivity contribution in [2.45, 2.75) is 20.3 Å². The van der Waals surface area contributed by atoms with E-state index in [9.17, 15) is 0 Å². The van der Waals surface area contributed by atoms with Gasteiger partial charge in [-0.15, -0.1) is 6.58 Å². The highest BCUT2D eigenvalue weighted by Gasteiger charge is 2.07. The highest BCUT2D eigenvalue weighted by Crippen LogP contribution is 2.07. The van der Waals surface area contributed by atoms with Gasteiger partial charge in [0.15, 0.2) is 5.05 Å². The van der Waals surface area contributed by atoms with E-state index in [-0.39, 0.29) is 5.92 Å². The molecule has 0 amide bonds. The molecule has 0 aromatic heterocycles. The van der Waals surface area contributed by atoms with E-state index in [0.29, 0.717) is 11.7 Å². The fourth-order valence-corrected chi connectivity index (χ4v) is 1.06. The predicted molar refractivity (Wildman–Crippen MR) is 48.2 cm³/mol. The normalized spacial score (nSPS) is 12.2. The van der Waals surface area contributed by atoms with Crippen molar-refractivity contribution in [3.63, 3.8) is 0 Å². The molecule has 10 heavy (non-hydrogen) atoms. The van der Waals surface area contributed by atoms with Gasteiger partial charge in [0, 0.05) is 5.92 Å². The van der Waals surface area contributed by atoms with Crippen LogP contribution in [0.15, 0.2) is 12.7 Å². The van der Waals surface area contributed by atoms with Crippen molar-refractivity contribution in [3.8, 4) is 0 Å². The number of ether oxygens (including phenoxy) is 1. The number of hydrogen-bond donors (Lipinski definition) is 0. The van der Waals surface area contributed by atoms with Crippen LogP contribution in [-0.2, 0) is 4.74 Å². The Morgan fingerprint density at radius 2 is 2.30 bits per heavy atom. The molecule has 0 saturated heterocycles. The quantitative estimate of drug-likeness (QED) is 0.459. The van der Waals surface area contributed by atoms with Gasteiger partial charge < -0.3 is 4.74 Å². The summed E-state index contributed by atoms with van der Waals surface area (Å²) in [5, 5.41) is 0.667. The molecule has 0 fully saturated rings. The summed E-state index contributed by atoms with van der Waals surface area (Å²) in [5.41, 5.74) is 0. The molecule has 0 heterocycles. The Labute approximate surface area is 68.1 Å². The van der Waals surface area contributed by atoms with E-state index in [1.807, 2.05) is 13.0 Å². The molecule has 0 bridgehead atoms. The van der Waals surface area contributed by atoms with Crippen molar-refractivity contribution in [3.05, 3.63) is 12.7 Å². The van der Waals surface area contributed by atoms with Crippen LogP contribution < -0.4 is 0 Å². The van der Waals surface area contributed by atoms with E-state index in [0.717, 1.165) is 6.42 Å². The molecular weight excluding hydrogens is 144 g/mol. The maximum Gasteiger partial charge on any atom is 0.166 e. The third kappa shape index (κ3) is 2.97. The second-order valence-electron chi connectivity index (χ2n) is 2.00. The molecule has 0 aromatic carbocycles. The fraction of sp³-hybridized carbons (Fsp3) is 0.625. The van der Waals surface area contributed by atoms with Gasteiger partial charge in [-0.2, -0.15) is 0 Å². The predicted octanol–water partition coefficient (Wildman–Crippen LogP) is 2.56. The summed E-state index contributed by atoms with van der Waals surface area (Å²) in [7, 11) is 0. The van der Waals surface area contributed by atoms with E-state index >= 15 is 0 Å². The van der Waals surface area contributed by atoms with Crippen molar-refractivity contribution in [1.29, 1.82) is 0 Å². The van der Waals surface area contributed by atoms with Gasteiger partial charge >= 0.3 is 0 Å². The summed E-state index contributed by atoms with van der Waals surface area (Å²) in [6.45, 7) is 8.32. The van der Waals surface area contributed by atoms with Gasteiger partial charge in [-0.05, 0) is 25.6 Å². The Balaban J connectivity index is 3.76. The van der Waals surface area contributed by atoms with E-state index < -0.39 is 0 Å². The lowest BCUT2D eigenvalue weighted by Crippen LogP contribution is -2.12. The Bertz CT molecular complexity index is 120. The zero-order chi connectivity index (χ0) is 7.98. The molecule has 0 radical (unpaired) electrons. The third-order valence-corrected chi connectivity index (χ3v) is 1.73. The van der Waals surface area contributed by atoms with Gasteiger partial charge in [-0.3, -0.25) is 0 Å². The summed E-state index contributed by atoms with van der Waals surface area (Å²) in [6.07, 6.45) is 2.81. The van der Waals surface area contributed by atoms with Crippen molar-refractivity contribution in [2.24, 2.45) is 5.92 Å². The average Bonchev–Trinajstić information content (AvgIpc) is 1.91. The van der Waals surface area contributed by atoms with Crippen LogP contribution in [0, 0.1) is 5.92 Å². The van der Waals surface area contributed by atoms with Crippen LogP contribution in [0.1, 0.15) is 20.3 Å². The molecule has 0 spiro atoms. The van der Waals surface area contributed by atoms with E-state index in [1.54, 1.807) is 0 Å². The second-order valence-corrected chi connectivity index (χ2v) is 2.40. The Hall–Kier alpha value is -0.370. The molecule has 0 aliphatic heterocycles. The first kappa shape index (κ1) is 9.63. The summed E-state index contributed by atoms with van der Waals surface area (Å²) in [4.78, 5) is 0. The van der Waals surface area contributed by atoms with Crippen molar-refractivity contribution >= 4 is 17.3 Å². The lowest BCUT2D eigenvalue weighted by atomic mass is 10.1. The van der Waals surface area contributed by atoms with Crippen LogP contribution >= 0.6 is 12.2 Å². The lowest BCUT2D eigenvalue weighted by Gasteiger charge is -2.10. The van der Waals surface area contributed by atoms with Crippen LogP contribution in [0.4, 0.5) is 0 Å². The van der Waals surface area contributed by atoms with Crippen LogP contribution in [0.3, 0.4) is 0 Å². The minimum absolute atomic E-state index is 0.245. The lowest BCUT2D eigenvalue weighted by molar-refractivity contribution is 0.317. The minimum atomic E-state index is 0.245. The first-order valence-electron chi connectivity index (χ1n) is 3.55. The Kier molecular flexibility index (Phi) is 5.22. The summed E-state index contributed by atoms with van der Waals surface area (Å²) in [6, 6.07) is 0. The van der Waals surface area contributed by atoms with Gasteiger partial charge in [-0.25, -0.2) is 0 Å². The van der Waals surface area contributed by atoms with Crippen molar-refractivity contribution in [1.82, 2.24) is 0 Å². The highest BCUT2D eigenvalue weighted by atomic mass is 32.1. The Morgan fingerprint density at radius 1 is 1.70 bits per heavy atom. The molecule has 0 rings (SSSR count). The van der Waals surface area contributed by atoms with Crippen LogP contribution in [0.25, 0.3) is 0 Å². The fourth-order valence-electron chi connectivity index (χ4n) is 0.679. The largest absolute Gasteiger partial charge is 0.487 e. The molecule has 1 atom stereocenters. The highest BCUT2D eigenvalue weighted by molar-refractivity contribution is 7.80. The number of thiocarbonyl (C=S) groups is 1. The van der Waals surface area contributed by atoms with E-state index in [1.165, 1.54) is 0 Å². The van der Waals surface area contributed by atoms with Gasteiger partial charge in [0.2, 0.25) is 0 Å². The number of hydrogen-bond acceptors (Lipinski definition) is 2. The van der Waals surface area contributed by atoms with Crippen molar-refractivity contribution < 1.29 is 4.74 Å². The van der Waals surface area contributed by atoms with Gasteiger partial charge in [-0.1, -0.05) is 13.0 Å². The van der Waals surface area contributed by atoms with Gasteiger partial charge in [0.1, 0.15) is 0 Å². The molecule has 0 aliphatic carbocycles. The molecule has 1 nitrogen and oxygen atoms in total. The topological polar surface area (TPSA) is 9.23 Å². The molecule has 2 heteroatoms. The molecule has 58 valence electrons. The zero-order valence-electron chi connectivity index (χ0n) is 6.59. The van der Waals surface area contributed by atoms with Gasteiger partial charge in [0.05, 0.1) is 6.61 Å². The second kappa shape index (κ2) is 5.42. The first-order chi connectivity index (χ1) is 4.76. The van der Waals surface area contributed by atoms with Crippen molar-refractivity contribution in [2.75, 3.05) is 6.61 Å². The summed E-state index contributed by atoms with van der Waals surface area (Å²) < 4.78 is 5.15. The van der Waals surface area contributed by atoms with Crippen LogP contribution in [0.5, 0.6) is 0 Å². The molecule has 1 unspecified atom stereocenters. The first-order valence-corrected chi connectivity index (χ1v) is 3.96. The van der Waals surface area contributed by atoms with Gasteiger partial charge in [0.25, 0.3) is 0 Å². The molecular formula is C8H14OS. The molecule has 0 aliphatic rings. The number of rotatable bonds is 4. The maximum absolute atomic E-state index is 5.15. The average molecular weight is 158 g/mol. The summed E-state index contributed by atoms with van der Waals surface area (Å²) in [5.74, 6) is 0.245. The summed E-state index contributed by atoms with van der Waals surface area (Å²) >= 11 is 4.98. The SMILES string of the molecule is C=CC(CC)C(=S)OCC. The van der Waals surface area contributed by atoms with Crippen LogP contribution in [-0.4, -0.2) is 11.7 Å². The zero-order valence-corrected chi connectivity index (χ0v) is 7.41. The monoisotopic (exact) mass is 158 g/mol. The molecule has 0 N–H and O–H groups in total.